The zero-order valence-corrected chi connectivity index (χ0v) is 17.2. The maximum Gasteiger partial charge on any atom is 0.251 e. The molecular formula is C22H29N3O4. The maximum absolute atomic E-state index is 12.2. The lowest BCUT2D eigenvalue weighted by atomic mass is 10.2. The van der Waals surface area contributed by atoms with Gasteiger partial charge in [-0.1, -0.05) is 6.07 Å². The fourth-order valence-corrected chi connectivity index (χ4v) is 2.50. The van der Waals surface area contributed by atoms with E-state index in [1.165, 1.54) is 0 Å². The van der Waals surface area contributed by atoms with Gasteiger partial charge in [0.2, 0.25) is 5.91 Å². The Morgan fingerprint density at radius 1 is 1.00 bits per heavy atom. The van der Waals surface area contributed by atoms with E-state index in [4.69, 9.17) is 9.47 Å². The molecule has 0 aromatic heterocycles. The number of amides is 2. The van der Waals surface area contributed by atoms with Gasteiger partial charge in [0, 0.05) is 35.7 Å². The van der Waals surface area contributed by atoms with Crippen molar-refractivity contribution in [2.75, 3.05) is 37.0 Å². The van der Waals surface area contributed by atoms with Crippen LogP contribution in [0.5, 0.6) is 5.75 Å². The number of nitrogens with one attached hydrogen (secondary N) is 3. The van der Waals surface area contributed by atoms with Crippen molar-refractivity contribution in [3.8, 4) is 5.75 Å². The van der Waals surface area contributed by atoms with Gasteiger partial charge in [-0.15, -0.1) is 0 Å². The first kappa shape index (κ1) is 22.2. The molecule has 0 radical (unpaired) electrons. The van der Waals surface area contributed by atoms with E-state index in [1.54, 1.807) is 36.4 Å². The Labute approximate surface area is 171 Å². The second-order valence-corrected chi connectivity index (χ2v) is 6.68. The van der Waals surface area contributed by atoms with Crippen molar-refractivity contribution in [2.45, 2.75) is 26.8 Å². The Morgan fingerprint density at radius 2 is 1.76 bits per heavy atom. The summed E-state index contributed by atoms with van der Waals surface area (Å²) in [6.45, 7) is 7.49. The molecule has 2 amide bonds. The summed E-state index contributed by atoms with van der Waals surface area (Å²) in [5, 5.41) is 8.71. The van der Waals surface area contributed by atoms with Gasteiger partial charge in [-0.2, -0.15) is 0 Å². The van der Waals surface area contributed by atoms with Crippen molar-refractivity contribution in [1.29, 1.82) is 0 Å². The van der Waals surface area contributed by atoms with Crippen LogP contribution in [0.1, 0.15) is 31.1 Å². The molecule has 0 aliphatic heterocycles. The molecule has 0 saturated heterocycles. The summed E-state index contributed by atoms with van der Waals surface area (Å²) >= 11 is 0. The van der Waals surface area contributed by atoms with Crippen LogP contribution in [0.4, 0.5) is 11.4 Å². The largest absolute Gasteiger partial charge is 0.491 e. The van der Waals surface area contributed by atoms with Crippen molar-refractivity contribution < 1.29 is 19.1 Å². The third-order valence-electron chi connectivity index (χ3n) is 3.84. The van der Waals surface area contributed by atoms with Crippen LogP contribution in [-0.4, -0.2) is 44.2 Å². The minimum atomic E-state index is -0.182. The van der Waals surface area contributed by atoms with Crippen LogP contribution >= 0.6 is 0 Å². The Hall–Kier alpha value is -3.06. The van der Waals surface area contributed by atoms with Crippen LogP contribution in [0, 0.1) is 0 Å². The van der Waals surface area contributed by atoms with E-state index in [9.17, 15) is 9.59 Å². The first-order valence-corrected chi connectivity index (χ1v) is 9.73. The van der Waals surface area contributed by atoms with E-state index in [-0.39, 0.29) is 24.4 Å². The molecule has 0 aliphatic carbocycles. The van der Waals surface area contributed by atoms with Gasteiger partial charge in [-0.25, -0.2) is 0 Å². The second kappa shape index (κ2) is 11.7. The van der Waals surface area contributed by atoms with Gasteiger partial charge < -0.3 is 25.4 Å². The smallest absolute Gasteiger partial charge is 0.251 e. The second-order valence-electron chi connectivity index (χ2n) is 6.68. The first-order valence-electron chi connectivity index (χ1n) is 9.73. The predicted molar refractivity (Wildman–Crippen MR) is 115 cm³/mol. The van der Waals surface area contributed by atoms with Gasteiger partial charge in [-0.05, 0) is 57.2 Å². The average molecular weight is 399 g/mol. The van der Waals surface area contributed by atoms with Gasteiger partial charge in [-0.3, -0.25) is 9.59 Å². The van der Waals surface area contributed by atoms with Gasteiger partial charge in [0.1, 0.15) is 12.4 Å². The molecule has 2 aromatic carbocycles. The number of benzene rings is 2. The Bertz CT molecular complexity index is 791. The predicted octanol–water partition coefficient (Wildman–Crippen LogP) is 3.29. The summed E-state index contributed by atoms with van der Waals surface area (Å²) in [6.07, 6.45) is 0. The number of hydrogen-bond donors (Lipinski definition) is 3. The summed E-state index contributed by atoms with van der Waals surface area (Å²) < 4.78 is 10.8. The van der Waals surface area contributed by atoms with Gasteiger partial charge >= 0.3 is 0 Å². The lowest BCUT2D eigenvalue weighted by molar-refractivity contribution is -0.114. The van der Waals surface area contributed by atoms with Crippen LogP contribution in [0.25, 0.3) is 0 Å². The van der Waals surface area contributed by atoms with Crippen molar-refractivity contribution in [1.82, 2.24) is 5.32 Å². The molecule has 7 nitrogen and oxygen atoms in total. The molecule has 7 heteroatoms. The summed E-state index contributed by atoms with van der Waals surface area (Å²) in [4.78, 5) is 24.1. The Morgan fingerprint density at radius 3 is 2.45 bits per heavy atom. The van der Waals surface area contributed by atoms with E-state index in [1.807, 2.05) is 32.9 Å². The molecule has 0 aliphatic rings. The molecule has 29 heavy (non-hydrogen) atoms. The van der Waals surface area contributed by atoms with Crippen molar-refractivity contribution in [2.24, 2.45) is 0 Å². The fraction of sp³-hybridized carbons (Fsp3) is 0.364. The summed E-state index contributed by atoms with van der Waals surface area (Å²) in [5.74, 6) is 0.372. The van der Waals surface area contributed by atoms with E-state index in [2.05, 4.69) is 16.0 Å². The number of anilines is 2. The summed E-state index contributed by atoms with van der Waals surface area (Å²) in [7, 11) is 0. The number of rotatable bonds is 11. The minimum Gasteiger partial charge on any atom is -0.491 e. The van der Waals surface area contributed by atoms with E-state index in [0.717, 1.165) is 5.69 Å². The molecular weight excluding hydrogens is 370 g/mol. The monoisotopic (exact) mass is 399 g/mol. The highest BCUT2D eigenvalue weighted by molar-refractivity contribution is 5.95. The number of carbonyl (C=O) groups excluding carboxylic acids is 2. The quantitative estimate of drug-likeness (QED) is 0.505. The number of hydrogen-bond acceptors (Lipinski definition) is 5. The topological polar surface area (TPSA) is 88.7 Å². The highest BCUT2D eigenvalue weighted by Gasteiger charge is 2.07. The van der Waals surface area contributed by atoms with Gasteiger partial charge in [0.25, 0.3) is 5.91 Å². The van der Waals surface area contributed by atoms with Crippen LogP contribution in [0.2, 0.25) is 0 Å². The Balaban J connectivity index is 1.80. The summed E-state index contributed by atoms with van der Waals surface area (Å²) in [6, 6.07) is 14.3. The average Bonchev–Trinajstić information content (AvgIpc) is 2.70. The van der Waals surface area contributed by atoms with Crippen LogP contribution in [0.3, 0.4) is 0 Å². The molecule has 0 heterocycles. The molecule has 156 valence electrons. The van der Waals surface area contributed by atoms with Crippen LogP contribution < -0.4 is 20.7 Å². The maximum atomic E-state index is 12.2. The van der Waals surface area contributed by atoms with Crippen molar-refractivity contribution in [3.63, 3.8) is 0 Å². The Kier molecular flexibility index (Phi) is 8.98. The normalized spacial score (nSPS) is 10.5. The number of ether oxygens (including phenoxy) is 2. The van der Waals surface area contributed by atoms with Crippen molar-refractivity contribution in [3.05, 3.63) is 54.1 Å². The lowest BCUT2D eigenvalue weighted by Gasteiger charge is -2.11. The molecule has 2 aromatic rings. The van der Waals surface area contributed by atoms with Crippen LogP contribution in [-0.2, 0) is 9.53 Å². The number of carbonyl (C=O) groups is 2. The fourth-order valence-electron chi connectivity index (χ4n) is 2.50. The zero-order valence-electron chi connectivity index (χ0n) is 17.2. The molecule has 2 rings (SSSR count). The minimum absolute atomic E-state index is 0.0811. The van der Waals surface area contributed by atoms with Crippen LogP contribution in [0.15, 0.2) is 48.5 Å². The standard InChI is InChI=1S/C22H29N3O4/c1-4-28-12-13-29-20-7-5-6-19(14-20)25-21(26)15-23-18-10-8-17(9-11-18)22(27)24-16(2)3/h5-11,14,16,23H,4,12-13,15H2,1-3H3,(H,24,27)(H,25,26). The third kappa shape index (κ3) is 8.23. The zero-order chi connectivity index (χ0) is 21.1. The molecule has 0 atom stereocenters. The molecule has 0 saturated carbocycles. The third-order valence-corrected chi connectivity index (χ3v) is 3.84. The summed E-state index contributed by atoms with van der Waals surface area (Å²) in [5.41, 5.74) is 2.00. The lowest BCUT2D eigenvalue weighted by Crippen LogP contribution is -2.30. The molecule has 0 fully saturated rings. The van der Waals surface area contributed by atoms with E-state index >= 15 is 0 Å². The van der Waals surface area contributed by atoms with Gasteiger partial charge in [0.05, 0.1) is 13.2 Å². The van der Waals surface area contributed by atoms with Gasteiger partial charge in [0.15, 0.2) is 0 Å². The van der Waals surface area contributed by atoms with E-state index in [0.29, 0.717) is 36.8 Å². The SMILES string of the molecule is CCOCCOc1cccc(NC(=O)CNc2ccc(C(=O)NC(C)C)cc2)c1. The molecule has 0 unspecified atom stereocenters. The highest BCUT2D eigenvalue weighted by atomic mass is 16.5. The van der Waals surface area contributed by atoms with Crippen molar-refractivity contribution >= 4 is 23.2 Å². The first-order chi connectivity index (χ1) is 14.0. The van der Waals surface area contributed by atoms with E-state index < -0.39 is 0 Å². The highest BCUT2D eigenvalue weighted by Crippen LogP contribution is 2.17. The molecule has 0 bridgehead atoms. The molecule has 3 N–H and O–H groups in total. The molecule has 0 spiro atoms.